The van der Waals surface area contributed by atoms with E-state index in [-0.39, 0.29) is 35.6 Å². The largest absolute Gasteiger partial charge is 0.462 e. The number of Topliss-reactive ketones (excluding diaryl/α,β-unsaturated/α-hetero) is 1. The van der Waals surface area contributed by atoms with E-state index in [2.05, 4.69) is 6.92 Å². The molecule has 0 bridgehead atoms. The first-order chi connectivity index (χ1) is 8.87. The van der Waals surface area contributed by atoms with E-state index in [1.165, 1.54) is 0 Å². The maximum atomic E-state index is 12.3. The van der Waals surface area contributed by atoms with E-state index < -0.39 is 11.5 Å². The number of fused-ring (bicyclic) bond motifs is 2. The third-order valence-electron chi connectivity index (χ3n) is 5.97. The van der Waals surface area contributed by atoms with Crippen molar-refractivity contribution in [2.45, 2.75) is 52.2 Å². The number of ether oxygens (including phenoxy) is 1. The van der Waals surface area contributed by atoms with Gasteiger partial charge in [0.25, 0.3) is 0 Å². The highest BCUT2D eigenvalue weighted by Gasteiger charge is 2.61. The highest BCUT2D eigenvalue weighted by atomic mass is 16.6. The molecule has 1 heterocycles. The summed E-state index contributed by atoms with van der Waals surface area (Å²) in [5.41, 5.74) is -0.693. The SMILES string of the molecule is C[C@@H]1C[C@@H]2OC(=O)[C@H](C)[C@@H]2[C@H](O)[C@]2(C)C(=O)CC[C@@H]12. The van der Waals surface area contributed by atoms with Crippen LogP contribution in [0.2, 0.25) is 0 Å². The Morgan fingerprint density at radius 1 is 1.32 bits per heavy atom. The molecule has 2 aliphatic carbocycles. The zero-order chi connectivity index (χ0) is 13.9. The molecule has 0 unspecified atom stereocenters. The third kappa shape index (κ3) is 1.55. The summed E-state index contributed by atoms with van der Waals surface area (Å²) < 4.78 is 5.43. The summed E-state index contributed by atoms with van der Waals surface area (Å²) in [6.45, 7) is 5.82. The minimum absolute atomic E-state index is 0.157. The maximum absolute atomic E-state index is 12.3. The van der Waals surface area contributed by atoms with Crippen LogP contribution in [-0.4, -0.2) is 29.1 Å². The van der Waals surface area contributed by atoms with E-state index in [4.69, 9.17) is 4.74 Å². The molecule has 0 amide bonds. The molecule has 1 aliphatic heterocycles. The highest BCUT2D eigenvalue weighted by Crippen LogP contribution is 2.55. The highest BCUT2D eigenvalue weighted by molar-refractivity contribution is 5.88. The van der Waals surface area contributed by atoms with Gasteiger partial charge in [0.2, 0.25) is 0 Å². The number of rotatable bonds is 0. The minimum Gasteiger partial charge on any atom is -0.462 e. The van der Waals surface area contributed by atoms with E-state index in [1.807, 2.05) is 13.8 Å². The molecular formula is C15H22O4. The van der Waals surface area contributed by atoms with Gasteiger partial charge in [0.15, 0.2) is 0 Å². The number of carbonyl (C=O) groups excluding carboxylic acids is 2. The van der Waals surface area contributed by atoms with Crippen molar-refractivity contribution in [2.75, 3.05) is 0 Å². The second-order valence-electron chi connectivity index (χ2n) is 6.85. The van der Waals surface area contributed by atoms with Crippen molar-refractivity contribution >= 4 is 11.8 Å². The molecule has 2 saturated carbocycles. The van der Waals surface area contributed by atoms with Gasteiger partial charge in [-0.15, -0.1) is 0 Å². The maximum Gasteiger partial charge on any atom is 0.309 e. The summed E-state index contributed by atoms with van der Waals surface area (Å²) in [6, 6.07) is 0. The number of esters is 1. The Balaban J connectivity index is 2.04. The van der Waals surface area contributed by atoms with Gasteiger partial charge in [-0.25, -0.2) is 0 Å². The van der Waals surface area contributed by atoms with Gasteiger partial charge < -0.3 is 9.84 Å². The Bertz CT molecular complexity index is 432. The van der Waals surface area contributed by atoms with Gasteiger partial charge in [0.05, 0.1) is 17.4 Å². The first-order valence-electron chi connectivity index (χ1n) is 7.29. The van der Waals surface area contributed by atoms with Gasteiger partial charge >= 0.3 is 5.97 Å². The molecule has 7 atom stereocenters. The average Bonchev–Trinajstić information content (AvgIpc) is 2.77. The van der Waals surface area contributed by atoms with E-state index in [9.17, 15) is 14.7 Å². The molecule has 106 valence electrons. The molecule has 1 saturated heterocycles. The Morgan fingerprint density at radius 3 is 2.68 bits per heavy atom. The Morgan fingerprint density at radius 2 is 2.00 bits per heavy atom. The van der Waals surface area contributed by atoms with Crippen LogP contribution in [0.4, 0.5) is 0 Å². The van der Waals surface area contributed by atoms with Gasteiger partial charge in [-0.05, 0) is 31.6 Å². The number of hydrogen-bond acceptors (Lipinski definition) is 4. The predicted molar refractivity (Wildman–Crippen MR) is 68.2 cm³/mol. The molecule has 19 heavy (non-hydrogen) atoms. The fourth-order valence-corrected chi connectivity index (χ4v) is 4.75. The van der Waals surface area contributed by atoms with Crippen LogP contribution in [0.25, 0.3) is 0 Å². The summed E-state index contributed by atoms with van der Waals surface area (Å²) in [6.07, 6.45) is 1.20. The Labute approximate surface area is 113 Å². The van der Waals surface area contributed by atoms with Crippen molar-refractivity contribution in [2.24, 2.45) is 29.1 Å². The number of hydrogen-bond donors (Lipinski definition) is 1. The molecule has 0 radical (unpaired) electrons. The molecule has 0 aromatic rings. The lowest BCUT2D eigenvalue weighted by Crippen LogP contribution is -2.47. The first kappa shape index (κ1) is 13.1. The second-order valence-corrected chi connectivity index (χ2v) is 6.85. The van der Waals surface area contributed by atoms with E-state index in [0.29, 0.717) is 12.3 Å². The molecule has 4 nitrogen and oxygen atoms in total. The van der Waals surface area contributed by atoms with Gasteiger partial charge in [-0.1, -0.05) is 13.8 Å². The van der Waals surface area contributed by atoms with Crippen molar-refractivity contribution in [1.82, 2.24) is 0 Å². The Kier molecular flexibility index (Phi) is 2.79. The normalized spacial score (nSPS) is 53.5. The molecule has 1 N–H and O–H groups in total. The topological polar surface area (TPSA) is 63.6 Å². The van der Waals surface area contributed by atoms with Crippen LogP contribution in [0.1, 0.15) is 40.0 Å². The first-order valence-corrected chi connectivity index (χ1v) is 7.29. The molecule has 0 aromatic carbocycles. The van der Waals surface area contributed by atoms with Crippen LogP contribution in [0.5, 0.6) is 0 Å². The fourth-order valence-electron chi connectivity index (χ4n) is 4.75. The number of aliphatic hydroxyl groups excluding tert-OH is 1. The van der Waals surface area contributed by atoms with Crippen molar-refractivity contribution in [1.29, 1.82) is 0 Å². The van der Waals surface area contributed by atoms with Crippen LogP contribution in [0.15, 0.2) is 0 Å². The number of ketones is 1. The van der Waals surface area contributed by atoms with Gasteiger partial charge in [0.1, 0.15) is 11.9 Å². The molecule has 4 heteroatoms. The summed E-state index contributed by atoms with van der Waals surface area (Å²) in [5.74, 6) is -0.0910. The van der Waals surface area contributed by atoms with Crippen molar-refractivity contribution in [3.05, 3.63) is 0 Å². The number of aliphatic hydroxyl groups is 1. The summed E-state index contributed by atoms with van der Waals surface area (Å²) >= 11 is 0. The van der Waals surface area contributed by atoms with Crippen LogP contribution in [0.3, 0.4) is 0 Å². The van der Waals surface area contributed by atoms with Crippen molar-refractivity contribution in [3.8, 4) is 0 Å². The van der Waals surface area contributed by atoms with E-state index >= 15 is 0 Å². The molecular weight excluding hydrogens is 244 g/mol. The Hall–Kier alpha value is -0.900. The standard InChI is InChI=1S/C15H22O4/c1-7-6-10-12(8(2)14(18)19-10)13(17)15(3)9(7)4-5-11(15)16/h7-10,12-13,17H,4-6H2,1-3H3/t7-,8-,9+,10+,12+,13+,15+/m1/s1. The second kappa shape index (κ2) is 4.05. The predicted octanol–water partition coefficient (Wildman–Crippen LogP) is 1.55. The van der Waals surface area contributed by atoms with Crippen LogP contribution in [0, 0.1) is 29.1 Å². The quantitative estimate of drug-likeness (QED) is 0.676. The molecule has 3 rings (SSSR count). The average molecular weight is 266 g/mol. The molecule has 3 aliphatic rings. The summed E-state index contributed by atoms with van der Waals surface area (Å²) in [7, 11) is 0. The monoisotopic (exact) mass is 266 g/mol. The van der Waals surface area contributed by atoms with Gasteiger partial charge in [-0.3, -0.25) is 9.59 Å². The molecule has 3 fully saturated rings. The van der Waals surface area contributed by atoms with Gasteiger partial charge in [-0.2, -0.15) is 0 Å². The lowest BCUT2D eigenvalue weighted by molar-refractivity contribution is -0.145. The molecule has 0 spiro atoms. The number of carbonyl (C=O) groups is 2. The van der Waals surface area contributed by atoms with E-state index in [0.717, 1.165) is 12.8 Å². The smallest absolute Gasteiger partial charge is 0.309 e. The molecule has 0 aromatic heterocycles. The zero-order valence-electron chi connectivity index (χ0n) is 11.8. The third-order valence-corrected chi connectivity index (χ3v) is 5.97. The van der Waals surface area contributed by atoms with Crippen LogP contribution < -0.4 is 0 Å². The lowest BCUT2D eigenvalue weighted by atomic mass is 9.67. The fraction of sp³-hybridized carbons (Fsp3) is 0.867. The summed E-state index contributed by atoms with van der Waals surface area (Å²) in [5, 5.41) is 10.8. The van der Waals surface area contributed by atoms with Crippen molar-refractivity contribution < 1.29 is 19.4 Å². The van der Waals surface area contributed by atoms with E-state index in [1.54, 1.807) is 0 Å². The zero-order valence-corrected chi connectivity index (χ0v) is 11.8. The van der Waals surface area contributed by atoms with Gasteiger partial charge in [0, 0.05) is 12.3 Å². The van der Waals surface area contributed by atoms with Crippen LogP contribution >= 0.6 is 0 Å². The minimum atomic E-state index is -0.760. The summed E-state index contributed by atoms with van der Waals surface area (Å²) in [4.78, 5) is 24.1. The van der Waals surface area contributed by atoms with Crippen LogP contribution in [-0.2, 0) is 14.3 Å². The van der Waals surface area contributed by atoms with Crippen molar-refractivity contribution in [3.63, 3.8) is 0 Å². The lowest BCUT2D eigenvalue weighted by Gasteiger charge is -2.37.